The summed E-state index contributed by atoms with van der Waals surface area (Å²) in [6, 6.07) is 14.5. The summed E-state index contributed by atoms with van der Waals surface area (Å²) in [4.78, 5) is 25.2. The van der Waals surface area contributed by atoms with Crippen molar-refractivity contribution in [3.8, 4) is 0 Å². The van der Waals surface area contributed by atoms with Gasteiger partial charge in [0.05, 0.1) is 10.9 Å². The van der Waals surface area contributed by atoms with Crippen LogP contribution < -0.4 is 10.9 Å². The van der Waals surface area contributed by atoms with Gasteiger partial charge in [-0.3, -0.25) is 14.7 Å². The van der Waals surface area contributed by atoms with E-state index in [1.54, 1.807) is 28.8 Å². The third-order valence-electron chi connectivity index (χ3n) is 4.79. The van der Waals surface area contributed by atoms with Gasteiger partial charge in [0.25, 0.3) is 11.5 Å². The Bertz CT molecular complexity index is 1240. The number of H-pyrrole nitrogens is 1. The molecule has 0 saturated carbocycles. The van der Waals surface area contributed by atoms with Gasteiger partial charge in [0.15, 0.2) is 0 Å². The van der Waals surface area contributed by atoms with Gasteiger partial charge in [0.2, 0.25) is 0 Å². The monoisotopic (exact) mass is 394 g/mol. The summed E-state index contributed by atoms with van der Waals surface area (Å²) in [5.74, 6) is -0.180. The quantitative estimate of drug-likeness (QED) is 0.507. The molecule has 2 aromatic heterocycles. The Labute approximate surface area is 166 Å². The summed E-state index contributed by atoms with van der Waals surface area (Å²) in [6.07, 6.45) is 0.624. The lowest BCUT2D eigenvalue weighted by Crippen LogP contribution is -2.27. The first-order valence-corrected chi connectivity index (χ1v) is 9.44. The highest BCUT2D eigenvalue weighted by atomic mass is 35.5. The lowest BCUT2D eigenvalue weighted by molar-refractivity contribution is 0.0952. The van der Waals surface area contributed by atoms with Crippen molar-refractivity contribution >= 4 is 39.3 Å². The van der Waals surface area contributed by atoms with E-state index in [2.05, 4.69) is 15.5 Å². The van der Waals surface area contributed by atoms with Crippen molar-refractivity contribution in [3.63, 3.8) is 0 Å². The number of benzene rings is 2. The average molecular weight is 395 g/mol. The normalized spacial score (nSPS) is 11.2. The van der Waals surface area contributed by atoms with Crippen LogP contribution >= 0.6 is 11.6 Å². The number of hydrogen-bond acceptors (Lipinski definition) is 3. The van der Waals surface area contributed by atoms with Crippen LogP contribution in [0.1, 0.15) is 22.5 Å². The number of nitrogens with zero attached hydrogens (tertiary/aromatic N) is 2. The number of carbonyl (C=O) groups excluding carboxylic acids is 1. The molecule has 4 rings (SSSR count). The van der Waals surface area contributed by atoms with Crippen LogP contribution in [-0.2, 0) is 6.54 Å². The molecule has 2 aromatic carbocycles. The zero-order valence-electron chi connectivity index (χ0n) is 15.3. The Morgan fingerprint density at radius 1 is 1.21 bits per heavy atom. The van der Waals surface area contributed by atoms with Crippen LogP contribution in [0.25, 0.3) is 21.8 Å². The molecular weight excluding hydrogens is 376 g/mol. The van der Waals surface area contributed by atoms with Gasteiger partial charge in [-0.15, -0.1) is 0 Å². The highest BCUT2D eigenvalue weighted by molar-refractivity contribution is 6.30. The van der Waals surface area contributed by atoms with E-state index in [1.165, 1.54) is 0 Å². The number of carbonyl (C=O) groups is 1. The number of rotatable bonds is 5. The minimum atomic E-state index is -0.180. The molecule has 1 amide bonds. The van der Waals surface area contributed by atoms with Crippen molar-refractivity contribution in [3.05, 3.63) is 75.2 Å². The van der Waals surface area contributed by atoms with E-state index in [-0.39, 0.29) is 11.5 Å². The Kier molecular flexibility index (Phi) is 4.88. The highest BCUT2D eigenvalue weighted by Gasteiger charge is 2.14. The second kappa shape index (κ2) is 7.48. The van der Waals surface area contributed by atoms with Crippen LogP contribution in [0.15, 0.2) is 53.3 Å². The number of fused-ring (bicyclic) bond motifs is 3. The van der Waals surface area contributed by atoms with Crippen molar-refractivity contribution in [1.82, 2.24) is 20.1 Å². The molecule has 142 valence electrons. The zero-order valence-corrected chi connectivity index (χ0v) is 16.1. The molecular formula is C21H19ClN4O2. The van der Waals surface area contributed by atoms with E-state index in [9.17, 15) is 9.59 Å². The average Bonchev–Trinajstić information content (AvgIpc) is 3.09. The van der Waals surface area contributed by atoms with Gasteiger partial charge in [-0.2, -0.15) is 5.10 Å². The predicted molar refractivity (Wildman–Crippen MR) is 111 cm³/mol. The standard InChI is InChI=1S/C21H19ClN4O2/c1-13-18-19(25-24-13)16-8-2-3-9-17(16)26(21(18)28)11-5-10-23-20(27)14-6-4-7-15(22)12-14/h2-4,6-9,12H,5,10-11H2,1H3,(H,23,27)(H,24,25). The molecule has 0 spiro atoms. The summed E-state index contributed by atoms with van der Waals surface area (Å²) < 4.78 is 1.76. The number of aromatic amines is 1. The van der Waals surface area contributed by atoms with E-state index < -0.39 is 0 Å². The van der Waals surface area contributed by atoms with Gasteiger partial charge < -0.3 is 9.88 Å². The van der Waals surface area contributed by atoms with E-state index in [0.29, 0.717) is 41.0 Å². The highest BCUT2D eigenvalue weighted by Crippen LogP contribution is 2.22. The van der Waals surface area contributed by atoms with Crippen LogP contribution in [0.4, 0.5) is 0 Å². The van der Waals surface area contributed by atoms with Crippen LogP contribution in [0.3, 0.4) is 0 Å². The number of aryl methyl sites for hydroxylation is 2. The van der Waals surface area contributed by atoms with Gasteiger partial charge in [-0.25, -0.2) is 0 Å². The van der Waals surface area contributed by atoms with Gasteiger partial charge in [0.1, 0.15) is 5.52 Å². The first kappa shape index (κ1) is 18.3. The number of nitrogens with one attached hydrogen (secondary N) is 2. The Hall–Kier alpha value is -3.12. The molecule has 28 heavy (non-hydrogen) atoms. The van der Waals surface area contributed by atoms with Crippen molar-refractivity contribution in [2.75, 3.05) is 6.54 Å². The van der Waals surface area contributed by atoms with E-state index >= 15 is 0 Å². The largest absolute Gasteiger partial charge is 0.352 e. The lowest BCUT2D eigenvalue weighted by atomic mass is 10.1. The molecule has 0 atom stereocenters. The third kappa shape index (κ3) is 3.27. The second-order valence-electron chi connectivity index (χ2n) is 6.67. The summed E-state index contributed by atoms with van der Waals surface area (Å²) in [6.45, 7) is 2.80. The summed E-state index contributed by atoms with van der Waals surface area (Å²) in [5.41, 5.74) is 2.75. The topological polar surface area (TPSA) is 79.8 Å². The molecule has 2 N–H and O–H groups in total. The molecule has 0 saturated heterocycles. The summed E-state index contributed by atoms with van der Waals surface area (Å²) in [5, 5.41) is 12.2. The van der Waals surface area contributed by atoms with Crippen molar-refractivity contribution in [2.45, 2.75) is 19.9 Å². The molecule has 0 bridgehead atoms. The number of hydrogen-bond donors (Lipinski definition) is 2. The van der Waals surface area contributed by atoms with Gasteiger partial charge in [-0.05, 0) is 37.6 Å². The van der Waals surface area contributed by atoms with Crippen molar-refractivity contribution < 1.29 is 4.79 Å². The smallest absolute Gasteiger partial charge is 0.262 e. The molecule has 0 fully saturated rings. The van der Waals surface area contributed by atoms with Crippen LogP contribution in [0, 0.1) is 6.92 Å². The number of amides is 1. The van der Waals surface area contributed by atoms with Crippen LogP contribution in [0.5, 0.6) is 0 Å². The molecule has 7 heteroatoms. The lowest BCUT2D eigenvalue weighted by Gasteiger charge is -2.12. The maximum Gasteiger partial charge on any atom is 0.262 e. The Balaban J connectivity index is 1.55. The SMILES string of the molecule is Cc1[nH]nc2c1c(=O)n(CCCNC(=O)c1cccc(Cl)c1)c1ccccc21. The summed E-state index contributed by atoms with van der Waals surface area (Å²) in [7, 11) is 0. The van der Waals surface area contributed by atoms with Crippen molar-refractivity contribution in [2.24, 2.45) is 0 Å². The summed E-state index contributed by atoms with van der Waals surface area (Å²) >= 11 is 5.93. The molecule has 0 aliphatic heterocycles. The number of para-hydroxylation sites is 1. The molecule has 0 aliphatic carbocycles. The fraction of sp³-hybridized carbons (Fsp3) is 0.190. The van der Waals surface area contributed by atoms with Gasteiger partial charge >= 0.3 is 0 Å². The van der Waals surface area contributed by atoms with Crippen LogP contribution in [0.2, 0.25) is 5.02 Å². The third-order valence-corrected chi connectivity index (χ3v) is 5.02. The van der Waals surface area contributed by atoms with E-state index in [0.717, 1.165) is 16.6 Å². The predicted octanol–water partition coefficient (Wildman–Crippen LogP) is 3.66. The maximum absolute atomic E-state index is 13.0. The van der Waals surface area contributed by atoms with E-state index in [1.807, 2.05) is 31.2 Å². The number of halogens is 1. The molecule has 2 heterocycles. The minimum Gasteiger partial charge on any atom is -0.352 e. The molecule has 0 radical (unpaired) electrons. The molecule has 0 aliphatic rings. The first-order chi connectivity index (χ1) is 13.6. The number of aromatic nitrogens is 3. The fourth-order valence-electron chi connectivity index (χ4n) is 3.43. The van der Waals surface area contributed by atoms with Crippen molar-refractivity contribution in [1.29, 1.82) is 0 Å². The Morgan fingerprint density at radius 3 is 2.86 bits per heavy atom. The number of pyridine rings is 1. The first-order valence-electron chi connectivity index (χ1n) is 9.06. The van der Waals surface area contributed by atoms with Crippen LogP contribution in [-0.4, -0.2) is 27.2 Å². The fourth-order valence-corrected chi connectivity index (χ4v) is 3.62. The van der Waals surface area contributed by atoms with Gasteiger partial charge in [0, 0.05) is 34.8 Å². The molecule has 4 aromatic rings. The molecule has 6 nitrogen and oxygen atoms in total. The minimum absolute atomic E-state index is 0.0684. The van der Waals surface area contributed by atoms with Gasteiger partial charge in [-0.1, -0.05) is 35.9 Å². The Morgan fingerprint density at radius 2 is 2.04 bits per heavy atom. The second-order valence-corrected chi connectivity index (χ2v) is 7.10. The van der Waals surface area contributed by atoms with E-state index in [4.69, 9.17) is 11.6 Å². The molecule has 0 unspecified atom stereocenters. The zero-order chi connectivity index (χ0) is 19.7. The maximum atomic E-state index is 13.0.